The van der Waals surface area contributed by atoms with Gasteiger partial charge in [-0.1, -0.05) is 59.1 Å². The molecule has 0 unspecified atom stereocenters. The normalized spacial score (nSPS) is 12.4. The average Bonchev–Trinajstić information content (AvgIpc) is 2.92. The van der Waals surface area contributed by atoms with Crippen LogP contribution in [0, 0.1) is 0 Å². The van der Waals surface area contributed by atoms with Gasteiger partial charge in [0.05, 0.1) is 18.0 Å². The summed E-state index contributed by atoms with van der Waals surface area (Å²) in [4.78, 5) is 14.1. The highest BCUT2D eigenvalue weighted by atomic mass is 35.5. The zero-order valence-corrected chi connectivity index (χ0v) is 18.4. The molecule has 5 rings (SSSR count). The smallest absolute Gasteiger partial charge is 0.227 e. The summed E-state index contributed by atoms with van der Waals surface area (Å²) in [6, 6.07) is 20.8. The molecule has 4 aromatic rings. The first-order valence-corrected chi connectivity index (χ1v) is 10.7. The van der Waals surface area contributed by atoms with Gasteiger partial charge in [-0.25, -0.2) is 9.97 Å². The van der Waals surface area contributed by atoms with E-state index in [0.717, 1.165) is 39.3 Å². The molecule has 1 N–H and O–H groups in total. The van der Waals surface area contributed by atoms with Crippen molar-refractivity contribution in [3.05, 3.63) is 105 Å². The molecule has 0 bridgehead atoms. The number of anilines is 2. The van der Waals surface area contributed by atoms with E-state index in [1.165, 1.54) is 0 Å². The molecule has 4 nitrogen and oxygen atoms in total. The van der Waals surface area contributed by atoms with Gasteiger partial charge in [0, 0.05) is 49.2 Å². The largest absolute Gasteiger partial charge is 0.324 e. The Balaban J connectivity index is 1.62. The van der Waals surface area contributed by atoms with Gasteiger partial charge in [0.15, 0.2) is 0 Å². The van der Waals surface area contributed by atoms with Gasteiger partial charge < -0.3 is 5.32 Å². The lowest BCUT2D eigenvalue weighted by molar-refractivity contribution is 1.02. The van der Waals surface area contributed by atoms with Crippen LogP contribution >= 0.6 is 34.8 Å². The van der Waals surface area contributed by atoms with Crippen LogP contribution in [0.1, 0.15) is 16.7 Å². The molecule has 0 saturated heterocycles. The van der Waals surface area contributed by atoms with Gasteiger partial charge in [-0.2, -0.15) is 0 Å². The highest BCUT2D eigenvalue weighted by molar-refractivity contribution is 6.36. The molecule has 0 saturated carbocycles. The predicted octanol–water partition coefficient (Wildman–Crippen LogP) is 7.20. The monoisotopic (exact) mass is 464 g/mol. The van der Waals surface area contributed by atoms with Crippen molar-refractivity contribution in [2.24, 2.45) is 4.99 Å². The van der Waals surface area contributed by atoms with Gasteiger partial charge in [0.2, 0.25) is 5.95 Å². The van der Waals surface area contributed by atoms with Crippen LogP contribution in [0.4, 0.5) is 11.6 Å². The number of hydrogen-bond donors (Lipinski definition) is 1. The third kappa shape index (κ3) is 4.02. The second-order valence-corrected chi connectivity index (χ2v) is 8.31. The van der Waals surface area contributed by atoms with E-state index in [-0.39, 0.29) is 0 Å². The predicted molar refractivity (Wildman–Crippen MR) is 128 cm³/mol. The lowest BCUT2D eigenvalue weighted by Gasteiger charge is -2.13. The second kappa shape index (κ2) is 8.31. The average molecular weight is 466 g/mol. The molecule has 1 aromatic heterocycles. The summed E-state index contributed by atoms with van der Waals surface area (Å²) in [5.74, 6) is 0.489. The number of aromatic nitrogens is 2. The maximum absolute atomic E-state index is 6.49. The Morgan fingerprint density at radius 2 is 1.55 bits per heavy atom. The molecule has 0 radical (unpaired) electrons. The van der Waals surface area contributed by atoms with E-state index in [1.54, 1.807) is 6.20 Å². The molecule has 0 fully saturated rings. The summed E-state index contributed by atoms with van der Waals surface area (Å²) in [6.45, 7) is 0.434. The highest BCUT2D eigenvalue weighted by Gasteiger charge is 2.22. The van der Waals surface area contributed by atoms with Crippen molar-refractivity contribution in [3.8, 4) is 11.3 Å². The van der Waals surface area contributed by atoms with Gasteiger partial charge in [-0.15, -0.1) is 0 Å². The van der Waals surface area contributed by atoms with E-state index in [9.17, 15) is 0 Å². The molecule has 2 heterocycles. The molecular formula is C24H15Cl3N4. The van der Waals surface area contributed by atoms with Crippen molar-refractivity contribution in [2.45, 2.75) is 6.54 Å². The van der Waals surface area contributed by atoms with Crippen molar-refractivity contribution in [3.63, 3.8) is 0 Å². The van der Waals surface area contributed by atoms with Crippen molar-refractivity contribution >= 4 is 52.2 Å². The topological polar surface area (TPSA) is 50.2 Å². The van der Waals surface area contributed by atoms with Gasteiger partial charge in [-0.3, -0.25) is 4.99 Å². The fourth-order valence-corrected chi connectivity index (χ4v) is 4.05. The quantitative estimate of drug-likeness (QED) is 0.348. The first kappa shape index (κ1) is 20.0. The first-order valence-electron chi connectivity index (χ1n) is 9.56. The number of aliphatic imine (C=N–C) groups is 1. The van der Waals surface area contributed by atoms with E-state index in [4.69, 9.17) is 44.8 Å². The second-order valence-electron chi connectivity index (χ2n) is 7.03. The summed E-state index contributed by atoms with van der Waals surface area (Å²) in [6.07, 6.45) is 1.80. The fraction of sp³-hybridized carbons (Fsp3) is 0.0417. The van der Waals surface area contributed by atoms with Crippen LogP contribution in [-0.4, -0.2) is 15.7 Å². The molecular weight excluding hydrogens is 451 g/mol. The van der Waals surface area contributed by atoms with E-state index in [1.807, 2.05) is 66.7 Å². The molecule has 1 aliphatic heterocycles. The third-order valence-corrected chi connectivity index (χ3v) is 5.81. The maximum atomic E-state index is 6.49. The molecule has 0 atom stereocenters. The van der Waals surface area contributed by atoms with Crippen LogP contribution in [0.5, 0.6) is 0 Å². The SMILES string of the molecule is Clc1ccc(Nc2ncc3c(n2)-c2ccc(Cl)cc2C(c2ccccc2Cl)=NC3)cc1. The number of nitrogens with zero attached hydrogens (tertiary/aromatic N) is 3. The van der Waals surface area contributed by atoms with Crippen molar-refractivity contribution in [1.82, 2.24) is 9.97 Å². The Labute approximate surface area is 194 Å². The number of rotatable bonds is 3. The molecule has 3 aromatic carbocycles. The minimum atomic E-state index is 0.434. The number of fused-ring (bicyclic) bond motifs is 3. The van der Waals surface area contributed by atoms with Crippen LogP contribution in [0.3, 0.4) is 0 Å². The molecule has 152 valence electrons. The maximum Gasteiger partial charge on any atom is 0.227 e. The number of halogens is 3. The highest BCUT2D eigenvalue weighted by Crippen LogP contribution is 2.35. The molecule has 1 aliphatic rings. The zero-order chi connectivity index (χ0) is 21.4. The molecule has 7 heteroatoms. The van der Waals surface area contributed by atoms with Crippen LogP contribution in [0.25, 0.3) is 11.3 Å². The molecule has 0 amide bonds. The summed E-state index contributed by atoms with van der Waals surface area (Å²) < 4.78 is 0. The standard InChI is InChI=1S/C24H15Cl3N4/c25-15-5-8-17(9-6-15)30-24-29-13-14-12-28-23(19-3-1-2-4-21(19)27)20-11-16(26)7-10-18(20)22(14)31-24/h1-11,13H,12H2,(H,29,30,31). The zero-order valence-electron chi connectivity index (χ0n) is 16.1. The van der Waals surface area contributed by atoms with Crippen LogP contribution in [0.2, 0.25) is 15.1 Å². The summed E-state index contributed by atoms with van der Waals surface area (Å²) >= 11 is 18.8. The van der Waals surface area contributed by atoms with Gasteiger partial charge in [0.1, 0.15) is 0 Å². The van der Waals surface area contributed by atoms with Gasteiger partial charge >= 0.3 is 0 Å². The molecule has 0 spiro atoms. The van der Waals surface area contributed by atoms with Crippen LogP contribution < -0.4 is 5.32 Å². The lowest BCUT2D eigenvalue weighted by atomic mass is 9.95. The van der Waals surface area contributed by atoms with E-state index >= 15 is 0 Å². The number of hydrogen-bond acceptors (Lipinski definition) is 4. The van der Waals surface area contributed by atoms with E-state index in [0.29, 0.717) is 27.6 Å². The van der Waals surface area contributed by atoms with Crippen molar-refractivity contribution in [1.29, 1.82) is 0 Å². The Bertz CT molecular complexity index is 1320. The Morgan fingerprint density at radius 3 is 2.35 bits per heavy atom. The van der Waals surface area contributed by atoms with Gasteiger partial charge in [0.25, 0.3) is 0 Å². The summed E-state index contributed by atoms with van der Waals surface area (Å²) in [5.41, 5.74) is 6.03. The van der Waals surface area contributed by atoms with Crippen LogP contribution in [-0.2, 0) is 6.54 Å². The lowest BCUT2D eigenvalue weighted by Crippen LogP contribution is -2.06. The number of benzene rings is 3. The fourth-order valence-electron chi connectivity index (χ4n) is 3.53. The molecule has 0 aliphatic carbocycles. The Morgan fingerprint density at radius 1 is 0.774 bits per heavy atom. The Kier molecular flexibility index (Phi) is 5.36. The van der Waals surface area contributed by atoms with E-state index in [2.05, 4.69) is 10.3 Å². The number of nitrogens with one attached hydrogen (secondary N) is 1. The van der Waals surface area contributed by atoms with E-state index < -0.39 is 0 Å². The minimum Gasteiger partial charge on any atom is -0.324 e. The summed E-state index contributed by atoms with van der Waals surface area (Å²) in [5, 5.41) is 5.15. The Hall–Kier alpha value is -2.92. The van der Waals surface area contributed by atoms with Gasteiger partial charge in [-0.05, 0) is 42.5 Å². The minimum absolute atomic E-state index is 0.434. The van der Waals surface area contributed by atoms with Crippen LogP contribution in [0.15, 0.2) is 77.9 Å². The molecule has 31 heavy (non-hydrogen) atoms. The van der Waals surface area contributed by atoms with Crippen molar-refractivity contribution in [2.75, 3.05) is 5.32 Å². The summed E-state index contributed by atoms with van der Waals surface area (Å²) in [7, 11) is 0. The third-order valence-electron chi connectivity index (χ3n) is 4.99. The first-order chi connectivity index (χ1) is 15.1. The van der Waals surface area contributed by atoms with Crippen molar-refractivity contribution < 1.29 is 0 Å².